The molecule has 1 aromatic carbocycles. The molecule has 3 aromatic rings. The Morgan fingerprint density at radius 3 is 2.89 bits per heavy atom. The van der Waals surface area contributed by atoms with Crippen molar-refractivity contribution in [2.75, 3.05) is 18.6 Å². The van der Waals surface area contributed by atoms with Gasteiger partial charge in [0.15, 0.2) is 11.2 Å². The highest BCUT2D eigenvalue weighted by molar-refractivity contribution is 6.33. The topological polar surface area (TPSA) is 106 Å². The van der Waals surface area contributed by atoms with Crippen LogP contribution in [0.2, 0.25) is 5.02 Å². The number of aryl methyl sites for hydroxylation is 1. The van der Waals surface area contributed by atoms with E-state index in [4.69, 9.17) is 16.3 Å². The first kappa shape index (κ1) is 18.9. The molecule has 0 atom stereocenters. The number of nitrogens with zero attached hydrogens (tertiary/aromatic N) is 4. The number of hydrogen-bond acceptors (Lipinski definition) is 6. The lowest BCUT2D eigenvalue weighted by Gasteiger charge is -2.08. The highest BCUT2D eigenvalue weighted by Crippen LogP contribution is 2.16. The van der Waals surface area contributed by atoms with Crippen LogP contribution in [0.25, 0.3) is 11.2 Å². The Balaban J connectivity index is 2.00. The zero-order valence-electron chi connectivity index (χ0n) is 14.9. The molecule has 27 heavy (non-hydrogen) atoms. The van der Waals surface area contributed by atoms with Gasteiger partial charge in [-0.05, 0) is 13.0 Å². The summed E-state index contributed by atoms with van der Waals surface area (Å²) in [5, 5.41) is 4.72. The third-order valence-electron chi connectivity index (χ3n) is 3.94. The number of hydrazone groups is 1. The number of aromatic amines is 1. The molecule has 0 radical (unpaired) electrons. The highest BCUT2D eigenvalue weighted by Gasteiger charge is 2.16. The van der Waals surface area contributed by atoms with Crippen LogP contribution in [0, 0.1) is 0 Å². The number of imidazole rings is 1. The summed E-state index contributed by atoms with van der Waals surface area (Å²) < 4.78 is 8.29. The maximum atomic E-state index is 12.3. The van der Waals surface area contributed by atoms with E-state index < -0.39 is 11.2 Å². The molecule has 2 N–H and O–H groups in total. The van der Waals surface area contributed by atoms with Gasteiger partial charge in [-0.25, -0.2) is 10.2 Å². The fourth-order valence-corrected chi connectivity index (χ4v) is 2.76. The molecule has 0 bridgehead atoms. The van der Waals surface area contributed by atoms with Crippen molar-refractivity contribution >= 4 is 34.9 Å². The lowest BCUT2D eigenvalue weighted by molar-refractivity contribution is 0.140. The fourth-order valence-electron chi connectivity index (χ4n) is 2.58. The van der Waals surface area contributed by atoms with E-state index in [1.807, 2.05) is 25.1 Å². The summed E-state index contributed by atoms with van der Waals surface area (Å²) in [4.78, 5) is 30.8. The first-order valence-electron chi connectivity index (χ1n) is 8.33. The minimum Gasteiger partial charge on any atom is -0.380 e. The molecule has 0 aliphatic rings. The van der Waals surface area contributed by atoms with Gasteiger partial charge in [0.1, 0.15) is 0 Å². The van der Waals surface area contributed by atoms with Crippen LogP contribution < -0.4 is 16.7 Å². The van der Waals surface area contributed by atoms with E-state index in [-0.39, 0.29) is 11.2 Å². The third kappa shape index (κ3) is 3.93. The summed E-state index contributed by atoms with van der Waals surface area (Å²) in [5.74, 6) is 0.319. The Kier molecular flexibility index (Phi) is 5.72. The number of hydrogen-bond donors (Lipinski definition) is 2. The van der Waals surface area contributed by atoms with Crippen molar-refractivity contribution in [2.24, 2.45) is 12.1 Å². The van der Waals surface area contributed by atoms with Crippen molar-refractivity contribution in [1.82, 2.24) is 19.1 Å². The Morgan fingerprint density at radius 1 is 1.37 bits per heavy atom. The molecule has 0 aliphatic carbocycles. The van der Waals surface area contributed by atoms with Crippen LogP contribution in [-0.2, 0) is 18.3 Å². The van der Waals surface area contributed by atoms with Crippen LogP contribution in [0.3, 0.4) is 0 Å². The molecule has 0 saturated carbocycles. The van der Waals surface area contributed by atoms with E-state index in [1.54, 1.807) is 16.8 Å². The monoisotopic (exact) mass is 390 g/mol. The number of benzene rings is 1. The van der Waals surface area contributed by atoms with Gasteiger partial charge in [-0.15, -0.1) is 0 Å². The second kappa shape index (κ2) is 8.19. The fraction of sp³-hybridized carbons (Fsp3) is 0.294. The highest BCUT2D eigenvalue weighted by atomic mass is 35.5. The van der Waals surface area contributed by atoms with Crippen molar-refractivity contribution in [2.45, 2.75) is 13.5 Å². The van der Waals surface area contributed by atoms with Gasteiger partial charge in [0.05, 0.1) is 12.8 Å². The Hall–Kier alpha value is -2.91. The summed E-state index contributed by atoms with van der Waals surface area (Å²) in [6.07, 6.45) is 1.55. The van der Waals surface area contributed by atoms with E-state index in [9.17, 15) is 9.59 Å². The summed E-state index contributed by atoms with van der Waals surface area (Å²) in [7, 11) is 1.54. The third-order valence-corrected chi connectivity index (χ3v) is 4.29. The largest absolute Gasteiger partial charge is 0.380 e. The van der Waals surface area contributed by atoms with Crippen LogP contribution in [0.5, 0.6) is 0 Å². The number of fused-ring (bicyclic) bond motifs is 1. The molecular formula is C17H19ClN6O3. The zero-order valence-corrected chi connectivity index (χ0v) is 15.7. The second-order valence-corrected chi connectivity index (χ2v) is 6.07. The van der Waals surface area contributed by atoms with Crippen molar-refractivity contribution < 1.29 is 4.74 Å². The van der Waals surface area contributed by atoms with E-state index in [0.29, 0.717) is 30.7 Å². The van der Waals surface area contributed by atoms with Gasteiger partial charge in [0, 0.05) is 30.8 Å². The standard InChI is InChI=1S/C17H19ClN6O3/c1-3-27-9-8-24-13-14(23(2)17(26)21-15(13)25)20-16(24)22-19-10-11-6-4-5-7-12(11)18/h4-7,10H,3,8-9H2,1-2H3,(H,20,22)(H,21,25,26)/b19-10-. The number of H-pyrrole nitrogens is 1. The van der Waals surface area contributed by atoms with E-state index in [1.165, 1.54) is 11.6 Å². The molecule has 0 aliphatic heterocycles. The van der Waals surface area contributed by atoms with Gasteiger partial charge in [-0.2, -0.15) is 10.1 Å². The molecule has 142 valence electrons. The first-order valence-corrected chi connectivity index (χ1v) is 8.71. The Labute approximate surface area is 159 Å². The number of aromatic nitrogens is 4. The summed E-state index contributed by atoms with van der Waals surface area (Å²) in [6, 6.07) is 7.25. The SMILES string of the molecule is CCOCCn1c(N/N=C\c2ccccc2Cl)nc2c1c(=O)[nH]c(=O)n2C. The predicted molar refractivity (Wildman–Crippen MR) is 105 cm³/mol. The molecule has 0 amide bonds. The van der Waals surface area contributed by atoms with Gasteiger partial charge in [0.25, 0.3) is 5.56 Å². The van der Waals surface area contributed by atoms with Crippen LogP contribution in [0.4, 0.5) is 5.95 Å². The smallest absolute Gasteiger partial charge is 0.329 e. The van der Waals surface area contributed by atoms with Crippen molar-refractivity contribution in [3.8, 4) is 0 Å². The predicted octanol–water partition coefficient (Wildman–Crippen LogP) is 1.56. The van der Waals surface area contributed by atoms with Crippen LogP contribution in [-0.4, -0.2) is 38.5 Å². The summed E-state index contributed by atoms with van der Waals surface area (Å²) >= 11 is 6.11. The summed E-state index contributed by atoms with van der Waals surface area (Å²) in [5.41, 5.74) is 3.03. The van der Waals surface area contributed by atoms with Gasteiger partial charge in [0.2, 0.25) is 5.95 Å². The summed E-state index contributed by atoms with van der Waals surface area (Å²) in [6.45, 7) is 3.19. The minimum absolute atomic E-state index is 0.260. The molecule has 2 heterocycles. The Morgan fingerprint density at radius 2 is 2.15 bits per heavy atom. The number of ether oxygens (including phenoxy) is 1. The van der Waals surface area contributed by atoms with Gasteiger partial charge < -0.3 is 9.30 Å². The minimum atomic E-state index is -0.534. The maximum absolute atomic E-state index is 12.3. The molecule has 3 rings (SSSR count). The van der Waals surface area contributed by atoms with Crippen LogP contribution in [0.1, 0.15) is 12.5 Å². The van der Waals surface area contributed by atoms with E-state index in [0.717, 1.165) is 5.56 Å². The number of halogens is 1. The quantitative estimate of drug-likeness (QED) is 0.362. The van der Waals surface area contributed by atoms with Gasteiger partial charge >= 0.3 is 5.69 Å². The first-order chi connectivity index (χ1) is 13.0. The normalized spacial score (nSPS) is 11.5. The van der Waals surface area contributed by atoms with Crippen molar-refractivity contribution in [1.29, 1.82) is 0 Å². The van der Waals surface area contributed by atoms with Crippen LogP contribution >= 0.6 is 11.6 Å². The van der Waals surface area contributed by atoms with E-state index in [2.05, 4.69) is 20.5 Å². The van der Waals surface area contributed by atoms with E-state index >= 15 is 0 Å². The average Bonchev–Trinajstić information content (AvgIpc) is 3.01. The molecule has 10 heteroatoms. The maximum Gasteiger partial charge on any atom is 0.329 e. The molecular weight excluding hydrogens is 372 g/mol. The van der Waals surface area contributed by atoms with Crippen molar-refractivity contribution in [3.63, 3.8) is 0 Å². The molecule has 9 nitrogen and oxygen atoms in total. The van der Waals surface area contributed by atoms with Crippen LogP contribution in [0.15, 0.2) is 39.0 Å². The molecule has 0 fully saturated rings. The second-order valence-electron chi connectivity index (χ2n) is 5.67. The average molecular weight is 391 g/mol. The van der Waals surface area contributed by atoms with Gasteiger partial charge in [-0.3, -0.25) is 14.3 Å². The lowest BCUT2D eigenvalue weighted by Crippen LogP contribution is -2.29. The molecule has 0 spiro atoms. The number of nitrogens with one attached hydrogen (secondary N) is 2. The molecule has 2 aromatic heterocycles. The number of anilines is 1. The molecule has 0 saturated heterocycles. The number of rotatable bonds is 7. The molecule has 0 unspecified atom stereocenters. The van der Waals surface area contributed by atoms with Gasteiger partial charge in [-0.1, -0.05) is 29.8 Å². The van der Waals surface area contributed by atoms with Crippen molar-refractivity contribution in [3.05, 3.63) is 55.7 Å². The zero-order chi connectivity index (χ0) is 19.4. The lowest BCUT2D eigenvalue weighted by atomic mass is 10.2. The Bertz CT molecular complexity index is 1100.